The zero-order valence-corrected chi connectivity index (χ0v) is 22.2. The minimum atomic E-state index is 0. The third kappa shape index (κ3) is 6.88. The summed E-state index contributed by atoms with van der Waals surface area (Å²) in [6, 6.07) is 25.1. The molecule has 3 aromatic rings. The van der Waals surface area contributed by atoms with E-state index in [1.165, 1.54) is 33.4 Å². The number of rotatable bonds is 0. The summed E-state index contributed by atoms with van der Waals surface area (Å²) < 4.78 is 0. The van der Waals surface area contributed by atoms with Crippen LogP contribution in [0, 0.1) is 6.07 Å². The fourth-order valence-electron chi connectivity index (χ4n) is 3.31. The fraction of sp³-hybridized carbons (Fsp3) is 0.346. The molecule has 0 nitrogen and oxygen atoms in total. The Bertz CT molecular complexity index is 803. The van der Waals surface area contributed by atoms with Gasteiger partial charge in [0.05, 0.1) is 0 Å². The Balaban J connectivity index is 0.000000863. The first-order chi connectivity index (χ1) is 12.2. The molecule has 0 unspecified atom stereocenters. The number of fused-ring (bicyclic) bond motifs is 3. The molecule has 0 saturated carbocycles. The molecule has 0 radical (unpaired) electrons. The van der Waals surface area contributed by atoms with E-state index in [0.717, 1.165) is 6.42 Å². The van der Waals surface area contributed by atoms with E-state index in [1.54, 1.807) is 0 Å². The van der Waals surface area contributed by atoms with Gasteiger partial charge in [-0.1, -0.05) is 76.3 Å². The maximum Gasteiger partial charge on any atom is 4.00 e. The second-order valence-corrected chi connectivity index (χ2v) is 9.29. The summed E-state index contributed by atoms with van der Waals surface area (Å²) in [7, 11) is 0. The van der Waals surface area contributed by atoms with Crippen molar-refractivity contribution in [2.75, 3.05) is 0 Å². The van der Waals surface area contributed by atoms with Crippen LogP contribution < -0.4 is 24.8 Å². The smallest absolute Gasteiger partial charge is 1.00 e. The Kier molecular flexibility index (Phi) is 10.8. The molecule has 4 rings (SSSR count). The summed E-state index contributed by atoms with van der Waals surface area (Å²) in [5.74, 6) is 0. The van der Waals surface area contributed by atoms with Crippen LogP contribution in [0.25, 0.3) is 11.1 Å². The topological polar surface area (TPSA) is 0 Å². The first kappa shape index (κ1) is 28.3. The van der Waals surface area contributed by atoms with Crippen molar-refractivity contribution >= 4 is 0 Å². The molecule has 0 aliphatic heterocycles. The predicted molar refractivity (Wildman–Crippen MR) is 113 cm³/mol. The summed E-state index contributed by atoms with van der Waals surface area (Å²) in [5, 5.41) is 0. The minimum absolute atomic E-state index is 0. The maximum absolute atomic E-state index is 3.53. The van der Waals surface area contributed by atoms with Gasteiger partial charge in [0.25, 0.3) is 0 Å². The Labute approximate surface area is 208 Å². The van der Waals surface area contributed by atoms with Gasteiger partial charge in [-0.3, -0.25) is 0 Å². The van der Waals surface area contributed by atoms with Crippen LogP contribution in [0.4, 0.5) is 0 Å². The van der Waals surface area contributed by atoms with E-state index in [2.05, 4.69) is 77.9 Å². The van der Waals surface area contributed by atoms with E-state index < -0.39 is 0 Å². The molecular formula is C26H30Cl2Zr. The SMILES string of the molecule is CC(C)(C)c1c[c-]c2c(c1)-c1cc(C(C)(C)C)ccc1C2.[Cl-].[Cl-].[Zr+4].c1cc[cH-]c1. The van der Waals surface area contributed by atoms with Crippen molar-refractivity contribution in [2.45, 2.75) is 58.8 Å². The molecule has 3 aromatic carbocycles. The second-order valence-electron chi connectivity index (χ2n) is 9.29. The molecule has 0 aromatic heterocycles. The fourth-order valence-corrected chi connectivity index (χ4v) is 3.31. The van der Waals surface area contributed by atoms with Crippen LogP contribution in [0.5, 0.6) is 0 Å². The second kappa shape index (κ2) is 11.0. The van der Waals surface area contributed by atoms with E-state index in [9.17, 15) is 0 Å². The van der Waals surface area contributed by atoms with E-state index in [4.69, 9.17) is 0 Å². The normalized spacial score (nSPS) is 11.5. The van der Waals surface area contributed by atoms with E-state index in [1.807, 2.05) is 30.3 Å². The van der Waals surface area contributed by atoms with Crippen molar-refractivity contribution in [3.63, 3.8) is 0 Å². The molecule has 29 heavy (non-hydrogen) atoms. The molecule has 0 atom stereocenters. The van der Waals surface area contributed by atoms with Gasteiger partial charge in [-0.25, -0.2) is 12.1 Å². The van der Waals surface area contributed by atoms with E-state index in [-0.39, 0.29) is 61.8 Å². The Morgan fingerprint density at radius 1 is 0.793 bits per heavy atom. The molecule has 3 heteroatoms. The average molecular weight is 505 g/mol. The number of hydrogen-bond acceptors (Lipinski definition) is 0. The number of halogens is 2. The number of benzene rings is 2. The molecule has 0 spiro atoms. The van der Waals surface area contributed by atoms with Gasteiger partial charge in [0.2, 0.25) is 0 Å². The summed E-state index contributed by atoms with van der Waals surface area (Å²) in [6.45, 7) is 13.6. The largest absolute Gasteiger partial charge is 4.00 e. The van der Waals surface area contributed by atoms with Crippen molar-refractivity contribution < 1.29 is 51.0 Å². The molecule has 1 aliphatic carbocycles. The Morgan fingerprint density at radius 3 is 1.83 bits per heavy atom. The monoisotopic (exact) mass is 502 g/mol. The summed E-state index contributed by atoms with van der Waals surface area (Å²) >= 11 is 0. The van der Waals surface area contributed by atoms with Crippen LogP contribution in [0.1, 0.15) is 63.8 Å². The number of hydrogen-bond donors (Lipinski definition) is 0. The molecule has 1 aliphatic rings. The summed E-state index contributed by atoms with van der Waals surface area (Å²) in [5.41, 5.74) is 8.76. The van der Waals surface area contributed by atoms with E-state index >= 15 is 0 Å². The van der Waals surface area contributed by atoms with Crippen molar-refractivity contribution in [3.05, 3.63) is 89.0 Å². The maximum atomic E-state index is 3.53. The van der Waals surface area contributed by atoms with Crippen molar-refractivity contribution in [2.24, 2.45) is 0 Å². The first-order valence-electron chi connectivity index (χ1n) is 9.52. The molecule has 0 saturated heterocycles. The molecular weight excluding hydrogens is 474 g/mol. The predicted octanol–water partition coefficient (Wildman–Crippen LogP) is 1.06. The van der Waals surface area contributed by atoms with Gasteiger partial charge < -0.3 is 24.8 Å². The van der Waals surface area contributed by atoms with Crippen LogP contribution in [-0.2, 0) is 43.5 Å². The van der Waals surface area contributed by atoms with Crippen molar-refractivity contribution in [3.8, 4) is 11.1 Å². The van der Waals surface area contributed by atoms with Gasteiger partial charge in [-0.15, -0.1) is 5.56 Å². The van der Waals surface area contributed by atoms with Gasteiger partial charge in [-0.05, 0) is 17.4 Å². The zero-order valence-electron chi connectivity index (χ0n) is 18.2. The molecule has 0 amide bonds. The molecule has 152 valence electrons. The molecule has 0 heterocycles. The standard InChI is InChI=1S/C21H25.C5H5.2ClH.Zr/c1-20(2,3)16-9-7-14-11-15-8-10-17(21(4,5)6)13-19(15)18(14)12-16;1-2-4-5-3-1;;;/h7,9-10,12-13H,11H2,1-6H3;1-5H;2*1H;/q2*-1;;;+4/p-2. The van der Waals surface area contributed by atoms with Crippen LogP contribution in [-0.4, -0.2) is 0 Å². The molecule has 0 fully saturated rings. The Hall–Kier alpha value is -0.747. The average Bonchev–Trinajstić information content (AvgIpc) is 3.23. The molecule has 0 N–H and O–H groups in total. The first-order valence-corrected chi connectivity index (χ1v) is 9.52. The van der Waals surface area contributed by atoms with Crippen LogP contribution >= 0.6 is 0 Å². The zero-order chi connectivity index (χ0) is 18.9. The Morgan fingerprint density at radius 2 is 1.34 bits per heavy atom. The minimum Gasteiger partial charge on any atom is -1.00 e. The van der Waals surface area contributed by atoms with Gasteiger partial charge in [0, 0.05) is 0 Å². The van der Waals surface area contributed by atoms with Crippen LogP contribution in [0.3, 0.4) is 0 Å². The molecule has 0 bridgehead atoms. The van der Waals surface area contributed by atoms with Crippen molar-refractivity contribution in [1.29, 1.82) is 0 Å². The van der Waals surface area contributed by atoms with Gasteiger partial charge in [-0.2, -0.15) is 47.5 Å². The van der Waals surface area contributed by atoms with Gasteiger partial charge in [0.1, 0.15) is 0 Å². The third-order valence-electron chi connectivity index (χ3n) is 5.08. The van der Waals surface area contributed by atoms with Crippen LogP contribution in [0.15, 0.2) is 60.7 Å². The van der Waals surface area contributed by atoms with Crippen LogP contribution in [0.2, 0.25) is 0 Å². The quantitative estimate of drug-likeness (QED) is 0.315. The van der Waals surface area contributed by atoms with Gasteiger partial charge in [0.15, 0.2) is 0 Å². The van der Waals surface area contributed by atoms with E-state index in [0.29, 0.717) is 0 Å². The van der Waals surface area contributed by atoms with Gasteiger partial charge >= 0.3 is 26.2 Å². The third-order valence-corrected chi connectivity index (χ3v) is 5.08. The summed E-state index contributed by atoms with van der Waals surface area (Å²) in [4.78, 5) is 0. The van der Waals surface area contributed by atoms with Crippen molar-refractivity contribution in [1.82, 2.24) is 0 Å². The summed E-state index contributed by atoms with van der Waals surface area (Å²) in [6.07, 6.45) is 1.03.